The van der Waals surface area contributed by atoms with Crippen LogP contribution in [-0.4, -0.2) is 42.7 Å². The summed E-state index contributed by atoms with van der Waals surface area (Å²) in [5, 5.41) is 1.23. The number of hydrogen-bond acceptors (Lipinski definition) is 3. The van der Waals surface area contributed by atoms with Crippen LogP contribution in [0, 0.1) is 11.6 Å². The van der Waals surface area contributed by atoms with Gasteiger partial charge >= 0.3 is 0 Å². The molecule has 0 heterocycles. The molecule has 0 aromatic heterocycles. The second-order valence-corrected chi connectivity index (χ2v) is 7.22. The molecule has 0 saturated heterocycles. The molecule has 2 aromatic carbocycles. The van der Waals surface area contributed by atoms with Crippen molar-refractivity contribution in [2.45, 2.75) is 0 Å². The highest BCUT2D eigenvalue weighted by Crippen LogP contribution is 2.18. The summed E-state index contributed by atoms with van der Waals surface area (Å²) in [6.45, 7) is 0. The van der Waals surface area contributed by atoms with Gasteiger partial charge in [-0.15, -0.1) is 23.2 Å². The topological polar surface area (TPSA) is 46.6 Å². The Balaban J connectivity index is 0. The molecule has 0 aliphatic heterocycles. The van der Waals surface area contributed by atoms with Gasteiger partial charge in [-0.05, 0) is 36.4 Å². The first-order chi connectivity index (χ1) is 14.6. The lowest BCUT2D eigenvalue weighted by molar-refractivity contribution is -0.165. The van der Waals surface area contributed by atoms with Crippen molar-refractivity contribution in [2.24, 2.45) is 0 Å². The van der Waals surface area contributed by atoms with Gasteiger partial charge in [0.05, 0.1) is 23.0 Å². The first-order valence-corrected chi connectivity index (χ1v) is 16.6. The average Bonchev–Trinajstić information content (AvgIpc) is 2.78. The van der Waals surface area contributed by atoms with Gasteiger partial charge in [-0.25, -0.2) is 13.8 Å². The van der Waals surface area contributed by atoms with Gasteiger partial charge in [0.25, 0.3) is 5.91 Å². The third-order valence-corrected chi connectivity index (χ3v) is 4.56. The highest BCUT2D eigenvalue weighted by Gasteiger charge is 2.07. The average molecular weight is 808 g/mol. The maximum atomic E-state index is 12.7. The second kappa shape index (κ2) is 19.9. The van der Waals surface area contributed by atoms with Crippen LogP contribution in [0.5, 0.6) is 0 Å². The van der Waals surface area contributed by atoms with Crippen molar-refractivity contribution in [3.8, 4) is 0 Å². The number of carbonyl (C=O) groups is 2. The van der Waals surface area contributed by atoms with Gasteiger partial charge in [0.2, 0.25) is 0 Å². The van der Waals surface area contributed by atoms with Gasteiger partial charge in [-0.2, -0.15) is 0 Å². The summed E-state index contributed by atoms with van der Waals surface area (Å²) in [4.78, 5) is 25.8. The van der Waals surface area contributed by atoms with Crippen LogP contribution >= 0.6 is 99.6 Å². The van der Waals surface area contributed by atoms with Gasteiger partial charge in [-0.1, -0.05) is 39.1 Å². The Morgan fingerprint density at radius 2 is 1.48 bits per heavy atom. The van der Waals surface area contributed by atoms with Crippen LogP contribution in [0.15, 0.2) is 40.9 Å². The van der Waals surface area contributed by atoms with Crippen LogP contribution in [-0.2, 0) is 9.63 Å². The van der Waals surface area contributed by atoms with E-state index in [9.17, 15) is 18.4 Å². The number of rotatable bonds is 4. The number of ketones is 1. The Hall–Kier alpha value is 0.500. The zero-order valence-corrected chi connectivity index (χ0v) is 24.9. The second-order valence-electron chi connectivity index (χ2n) is 4.95. The minimum Gasteiger partial charge on any atom is -0.293 e. The number of carbonyl (C=O) groups excluding carboxylic acids is 2. The van der Waals surface area contributed by atoms with Crippen LogP contribution in [0.2, 0.25) is 10.0 Å². The summed E-state index contributed by atoms with van der Waals surface area (Å²) in [5.41, 5.74) is 0.243. The molecular formula is C18H16BrCl4F2I2NO3. The fourth-order valence-corrected chi connectivity index (χ4v) is 2.29. The molecule has 0 N–H and O–H groups in total. The van der Waals surface area contributed by atoms with Gasteiger partial charge in [-0.3, -0.25) is 14.4 Å². The van der Waals surface area contributed by atoms with E-state index in [2.05, 4.69) is 58.0 Å². The first kappa shape index (κ1) is 33.7. The maximum Gasteiger partial charge on any atom is 0.260 e. The van der Waals surface area contributed by atoms with Crippen LogP contribution < -0.4 is 0 Å². The van der Waals surface area contributed by atoms with Crippen molar-refractivity contribution < 1.29 is 23.2 Å². The molecule has 0 spiro atoms. The molecule has 2 rings (SSSR count). The van der Waals surface area contributed by atoms with E-state index in [1.807, 2.05) is 0 Å². The lowest BCUT2D eigenvalue weighted by atomic mass is 10.1. The lowest BCUT2D eigenvalue weighted by Crippen LogP contribution is -2.26. The Morgan fingerprint density at radius 1 is 1.00 bits per heavy atom. The van der Waals surface area contributed by atoms with E-state index >= 15 is 0 Å². The van der Waals surface area contributed by atoms with Crippen LogP contribution in [0.3, 0.4) is 0 Å². The fraction of sp³-hybridized carbons (Fsp3) is 0.222. The standard InChI is InChI=1S/C8H5Cl2FO.C6H3BrClF.C4H8ClNO2.I2/c9-4-8(12)5-1-2-6(10)7(11)3-5;7-4-1-2-5(8)6(9)3-4;1-6(8-2)4(7)3-5;1-2/h1-3H,4H2;1-3H;3H2,1-2H3;. The van der Waals surface area contributed by atoms with Crippen LogP contribution in [0.1, 0.15) is 10.4 Å². The molecule has 2 aromatic rings. The third-order valence-electron chi connectivity index (χ3n) is 2.98. The number of benzene rings is 2. The Morgan fingerprint density at radius 3 is 1.81 bits per heavy atom. The molecule has 0 atom stereocenters. The molecule has 0 bridgehead atoms. The van der Waals surface area contributed by atoms with Gasteiger partial charge in [0.15, 0.2) is 5.78 Å². The SMILES string of the molecule is CON(C)C(=O)CCl.Fc1cc(Br)ccc1Cl.II.O=C(CCl)c1ccc(Cl)c(F)c1. The van der Waals surface area contributed by atoms with Gasteiger partial charge in [0.1, 0.15) is 17.5 Å². The number of alkyl halides is 2. The fourth-order valence-electron chi connectivity index (χ4n) is 1.40. The van der Waals surface area contributed by atoms with Crippen molar-refractivity contribution in [3.05, 3.63) is 68.1 Å². The number of amides is 1. The van der Waals surface area contributed by atoms with E-state index in [1.54, 1.807) is 6.07 Å². The summed E-state index contributed by atoms with van der Waals surface area (Å²) < 4.78 is 25.9. The Bertz CT molecular complexity index is 838. The highest BCUT2D eigenvalue weighted by molar-refractivity contribution is 15.0. The predicted molar refractivity (Wildman–Crippen MR) is 144 cm³/mol. The third kappa shape index (κ3) is 15.1. The molecular weight excluding hydrogens is 792 g/mol. The zero-order valence-electron chi connectivity index (χ0n) is 16.0. The Kier molecular flexibility index (Phi) is 21.6. The smallest absolute Gasteiger partial charge is 0.260 e. The minimum absolute atomic E-state index is 0.00104. The molecule has 1 amide bonds. The van der Waals surface area contributed by atoms with Crippen molar-refractivity contribution in [2.75, 3.05) is 25.9 Å². The number of halogens is 9. The van der Waals surface area contributed by atoms with Crippen molar-refractivity contribution in [3.63, 3.8) is 0 Å². The summed E-state index contributed by atoms with van der Waals surface area (Å²) in [6, 6.07) is 8.36. The van der Waals surface area contributed by atoms with E-state index in [-0.39, 0.29) is 39.1 Å². The molecule has 174 valence electrons. The maximum absolute atomic E-state index is 12.7. The monoisotopic (exact) mass is 805 g/mol. The van der Waals surface area contributed by atoms with Crippen molar-refractivity contribution >= 4 is 111 Å². The predicted octanol–water partition coefficient (Wildman–Crippen LogP) is 8.16. The summed E-state index contributed by atoms with van der Waals surface area (Å²) in [5.74, 6) is -1.74. The van der Waals surface area contributed by atoms with E-state index in [0.717, 1.165) is 11.1 Å². The molecule has 4 nitrogen and oxygen atoms in total. The van der Waals surface area contributed by atoms with Crippen molar-refractivity contribution in [1.29, 1.82) is 0 Å². The molecule has 0 aliphatic rings. The van der Waals surface area contributed by atoms with E-state index in [4.69, 9.17) is 46.4 Å². The minimum atomic E-state index is -0.604. The van der Waals surface area contributed by atoms with Crippen LogP contribution in [0.25, 0.3) is 0 Å². The quantitative estimate of drug-likeness (QED) is 0.103. The zero-order chi connectivity index (χ0) is 24.6. The van der Waals surface area contributed by atoms with E-state index in [1.165, 1.54) is 38.4 Å². The molecule has 0 unspecified atom stereocenters. The van der Waals surface area contributed by atoms with Gasteiger partial charge in [0, 0.05) is 54.3 Å². The normalized spacial score (nSPS) is 9.13. The summed E-state index contributed by atoms with van der Waals surface area (Å²) in [6.07, 6.45) is 0. The number of nitrogens with zero attached hydrogens (tertiary/aromatic N) is 1. The van der Waals surface area contributed by atoms with Gasteiger partial charge < -0.3 is 0 Å². The number of hydroxylamine groups is 2. The number of Topliss-reactive ketones (excluding diaryl/α,β-unsaturated/α-hetero) is 1. The largest absolute Gasteiger partial charge is 0.293 e. The summed E-state index contributed by atoms with van der Waals surface area (Å²) >= 11 is 28.6. The molecule has 0 radical (unpaired) electrons. The first-order valence-electron chi connectivity index (χ1n) is 7.73. The van der Waals surface area contributed by atoms with Crippen molar-refractivity contribution in [1.82, 2.24) is 5.06 Å². The highest BCUT2D eigenvalue weighted by atomic mass is 128. The Labute approximate surface area is 231 Å². The molecule has 0 aliphatic carbocycles. The molecule has 13 heteroatoms. The summed E-state index contributed by atoms with van der Waals surface area (Å²) in [7, 11) is 2.91. The number of hydrogen-bond donors (Lipinski definition) is 0. The molecule has 0 saturated carbocycles. The van der Waals surface area contributed by atoms with Crippen LogP contribution in [0.4, 0.5) is 8.78 Å². The van der Waals surface area contributed by atoms with E-state index in [0.29, 0.717) is 4.47 Å². The molecule has 31 heavy (non-hydrogen) atoms. The lowest BCUT2D eigenvalue weighted by Gasteiger charge is -2.10. The molecule has 0 fully saturated rings. The van der Waals surface area contributed by atoms with E-state index < -0.39 is 11.6 Å².